The van der Waals surface area contributed by atoms with Crippen molar-refractivity contribution >= 4 is 11.6 Å². The summed E-state index contributed by atoms with van der Waals surface area (Å²) in [5.74, 6) is 0.0746. The van der Waals surface area contributed by atoms with Gasteiger partial charge in [0, 0.05) is 30.5 Å². The maximum Gasteiger partial charge on any atom is 0.225 e. The molecule has 0 aliphatic carbocycles. The Hall–Kier alpha value is -1.42. The number of hydrogen-bond donors (Lipinski definition) is 2. The molecule has 1 amide bonds. The van der Waals surface area contributed by atoms with Gasteiger partial charge in [0.05, 0.1) is 0 Å². The molecule has 4 heteroatoms. The molecule has 1 atom stereocenters. The Morgan fingerprint density at radius 2 is 2.25 bits per heavy atom. The second kappa shape index (κ2) is 5.61. The predicted octanol–water partition coefficient (Wildman–Crippen LogP) is 1.55. The molecule has 1 aliphatic heterocycles. The Morgan fingerprint density at radius 1 is 1.44 bits per heavy atom. The molecule has 1 aromatic rings. The molecular formula is C12H17N3O. The lowest BCUT2D eigenvalue weighted by Crippen LogP contribution is -2.36. The SMILES string of the molecule is O=C(CC1CCCCN1)Nc1ccncc1. The number of carbonyl (C=O) groups excluding carboxylic acids is 1. The number of nitrogens with zero attached hydrogens (tertiary/aromatic N) is 1. The lowest BCUT2D eigenvalue weighted by atomic mass is 10.0. The Balaban J connectivity index is 1.80. The van der Waals surface area contributed by atoms with E-state index in [1.807, 2.05) is 0 Å². The van der Waals surface area contributed by atoms with Gasteiger partial charge in [0.15, 0.2) is 0 Å². The van der Waals surface area contributed by atoms with Crippen molar-refractivity contribution < 1.29 is 4.79 Å². The number of hydrogen-bond acceptors (Lipinski definition) is 3. The summed E-state index contributed by atoms with van der Waals surface area (Å²) >= 11 is 0. The van der Waals surface area contributed by atoms with Crippen molar-refractivity contribution in [3.8, 4) is 0 Å². The summed E-state index contributed by atoms with van der Waals surface area (Å²) in [5, 5.41) is 6.23. The molecule has 2 heterocycles. The van der Waals surface area contributed by atoms with Gasteiger partial charge in [-0.2, -0.15) is 0 Å². The van der Waals surface area contributed by atoms with Crippen LogP contribution in [-0.4, -0.2) is 23.5 Å². The zero-order chi connectivity index (χ0) is 11.2. The van der Waals surface area contributed by atoms with Crippen LogP contribution in [0.1, 0.15) is 25.7 Å². The zero-order valence-electron chi connectivity index (χ0n) is 9.28. The summed E-state index contributed by atoms with van der Waals surface area (Å²) in [7, 11) is 0. The summed E-state index contributed by atoms with van der Waals surface area (Å²) < 4.78 is 0. The third-order valence-corrected chi connectivity index (χ3v) is 2.81. The number of rotatable bonds is 3. The minimum Gasteiger partial charge on any atom is -0.326 e. The van der Waals surface area contributed by atoms with Crippen LogP contribution in [0.25, 0.3) is 0 Å². The molecule has 16 heavy (non-hydrogen) atoms. The fourth-order valence-electron chi connectivity index (χ4n) is 1.97. The van der Waals surface area contributed by atoms with E-state index in [-0.39, 0.29) is 5.91 Å². The van der Waals surface area contributed by atoms with E-state index in [1.54, 1.807) is 24.5 Å². The summed E-state index contributed by atoms with van der Waals surface area (Å²) in [6.45, 7) is 1.03. The van der Waals surface area contributed by atoms with Gasteiger partial charge >= 0.3 is 0 Å². The molecule has 1 aromatic heterocycles. The van der Waals surface area contributed by atoms with E-state index in [2.05, 4.69) is 15.6 Å². The van der Waals surface area contributed by atoms with Gasteiger partial charge in [0.25, 0.3) is 0 Å². The van der Waals surface area contributed by atoms with Crippen molar-refractivity contribution in [2.24, 2.45) is 0 Å². The quantitative estimate of drug-likeness (QED) is 0.811. The Morgan fingerprint density at radius 3 is 2.94 bits per heavy atom. The number of amides is 1. The average molecular weight is 219 g/mol. The monoisotopic (exact) mass is 219 g/mol. The van der Waals surface area contributed by atoms with Gasteiger partial charge in [0.1, 0.15) is 0 Å². The van der Waals surface area contributed by atoms with Gasteiger partial charge in [-0.3, -0.25) is 9.78 Å². The van der Waals surface area contributed by atoms with Crippen molar-refractivity contribution in [2.45, 2.75) is 31.7 Å². The molecule has 2 N–H and O–H groups in total. The molecule has 1 fully saturated rings. The van der Waals surface area contributed by atoms with Crippen molar-refractivity contribution in [3.05, 3.63) is 24.5 Å². The van der Waals surface area contributed by atoms with E-state index >= 15 is 0 Å². The maximum atomic E-state index is 11.7. The summed E-state index contributed by atoms with van der Waals surface area (Å²) in [4.78, 5) is 15.6. The topological polar surface area (TPSA) is 54.0 Å². The van der Waals surface area contributed by atoms with Gasteiger partial charge in [0.2, 0.25) is 5.91 Å². The molecule has 0 saturated carbocycles. The van der Waals surface area contributed by atoms with Gasteiger partial charge < -0.3 is 10.6 Å². The molecule has 0 spiro atoms. The van der Waals surface area contributed by atoms with Crippen molar-refractivity contribution in [1.82, 2.24) is 10.3 Å². The molecule has 1 saturated heterocycles. The molecule has 86 valence electrons. The van der Waals surface area contributed by atoms with Crippen LogP contribution in [-0.2, 0) is 4.79 Å². The van der Waals surface area contributed by atoms with Crippen LogP contribution in [0.3, 0.4) is 0 Å². The lowest BCUT2D eigenvalue weighted by molar-refractivity contribution is -0.116. The first-order chi connectivity index (χ1) is 7.84. The van der Waals surface area contributed by atoms with E-state index in [0.717, 1.165) is 18.7 Å². The van der Waals surface area contributed by atoms with Crippen LogP contribution in [0.4, 0.5) is 5.69 Å². The first kappa shape index (κ1) is 11.1. The number of piperidine rings is 1. The van der Waals surface area contributed by atoms with Gasteiger partial charge in [-0.15, -0.1) is 0 Å². The van der Waals surface area contributed by atoms with Crippen LogP contribution in [0.5, 0.6) is 0 Å². The van der Waals surface area contributed by atoms with Gasteiger partial charge in [-0.25, -0.2) is 0 Å². The van der Waals surface area contributed by atoms with Crippen LogP contribution in [0.2, 0.25) is 0 Å². The van der Waals surface area contributed by atoms with Crippen LogP contribution in [0, 0.1) is 0 Å². The molecule has 1 aliphatic rings. The molecule has 0 bridgehead atoms. The predicted molar refractivity (Wildman–Crippen MR) is 63.1 cm³/mol. The van der Waals surface area contributed by atoms with Gasteiger partial charge in [-0.05, 0) is 31.5 Å². The highest BCUT2D eigenvalue weighted by Crippen LogP contribution is 2.11. The average Bonchev–Trinajstić information content (AvgIpc) is 2.31. The van der Waals surface area contributed by atoms with Crippen LogP contribution >= 0.6 is 0 Å². The normalized spacial score (nSPS) is 20.4. The molecule has 1 unspecified atom stereocenters. The molecule has 4 nitrogen and oxygen atoms in total. The number of anilines is 1. The maximum absolute atomic E-state index is 11.7. The first-order valence-electron chi connectivity index (χ1n) is 5.78. The van der Waals surface area contributed by atoms with Crippen molar-refractivity contribution in [2.75, 3.05) is 11.9 Å². The number of nitrogens with one attached hydrogen (secondary N) is 2. The summed E-state index contributed by atoms with van der Waals surface area (Å²) in [6.07, 6.45) is 7.46. The minimum atomic E-state index is 0.0746. The smallest absolute Gasteiger partial charge is 0.225 e. The Bertz CT molecular complexity index is 333. The number of carbonyl (C=O) groups is 1. The second-order valence-electron chi connectivity index (χ2n) is 4.14. The summed E-state index contributed by atoms with van der Waals surface area (Å²) in [6, 6.07) is 3.94. The van der Waals surface area contributed by atoms with Crippen molar-refractivity contribution in [3.63, 3.8) is 0 Å². The standard InChI is InChI=1S/C12H17N3O/c16-12(9-11-3-1-2-6-14-11)15-10-4-7-13-8-5-10/h4-5,7-8,11,14H,1-3,6,9H2,(H,13,15,16). The lowest BCUT2D eigenvalue weighted by Gasteiger charge is -2.22. The molecule has 0 radical (unpaired) electrons. The minimum absolute atomic E-state index is 0.0746. The molecule has 0 aromatic carbocycles. The zero-order valence-corrected chi connectivity index (χ0v) is 9.28. The Kier molecular flexibility index (Phi) is 3.88. The highest BCUT2D eigenvalue weighted by atomic mass is 16.1. The highest BCUT2D eigenvalue weighted by molar-refractivity contribution is 5.90. The fourth-order valence-corrected chi connectivity index (χ4v) is 1.97. The van der Waals surface area contributed by atoms with E-state index in [4.69, 9.17) is 0 Å². The van der Waals surface area contributed by atoms with Crippen molar-refractivity contribution in [1.29, 1.82) is 0 Å². The summed E-state index contributed by atoms with van der Waals surface area (Å²) in [5.41, 5.74) is 0.816. The number of aromatic nitrogens is 1. The highest BCUT2D eigenvalue weighted by Gasteiger charge is 2.16. The van der Waals surface area contributed by atoms with E-state index in [9.17, 15) is 4.79 Å². The number of pyridine rings is 1. The van der Waals surface area contributed by atoms with Crippen LogP contribution < -0.4 is 10.6 Å². The second-order valence-corrected chi connectivity index (χ2v) is 4.14. The third kappa shape index (κ3) is 3.31. The molecule has 2 rings (SSSR count). The Labute approximate surface area is 95.5 Å². The van der Waals surface area contributed by atoms with E-state index in [1.165, 1.54) is 12.8 Å². The fraction of sp³-hybridized carbons (Fsp3) is 0.500. The van der Waals surface area contributed by atoms with Gasteiger partial charge in [-0.1, -0.05) is 6.42 Å². The van der Waals surface area contributed by atoms with E-state index in [0.29, 0.717) is 12.5 Å². The third-order valence-electron chi connectivity index (χ3n) is 2.81. The molecular weight excluding hydrogens is 202 g/mol. The van der Waals surface area contributed by atoms with Crippen LogP contribution in [0.15, 0.2) is 24.5 Å². The largest absolute Gasteiger partial charge is 0.326 e. The van der Waals surface area contributed by atoms with E-state index < -0.39 is 0 Å². The first-order valence-corrected chi connectivity index (χ1v) is 5.78.